The van der Waals surface area contributed by atoms with Gasteiger partial charge in [-0.3, -0.25) is 14.6 Å². The summed E-state index contributed by atoms with van der Waals surface area (Å²) in [5.74, 6) is -2.14. The second-order valence-electron chi connectivity index (χ2n) is 11.9. The molecule has 3 N–H and O–H groups in total. The second-order valence-corrected chi connectivity index (χ2v) is 11.9. The standard InChI is InChI=1S/C27H38N4O7/c1-8-16-14-27(16,23(34)35)30-21(32)19-13-18(37-17-9-11-28-12-10-17)15-31(19)22(33)20(25(2,3)4)29-24(36)38-26(5,6)7/h8-12,16,18-20H,1,13-15H2,2-7H3,(H,29,36)(H,30,32)(H,34,35)/t16?,18-,19+,20-,27-/m1/s1. The molecule has 1 aliphatic heterocycles. The molecule has 1 unspecified atom stereocenters. The Morgan fingerprint density at radius 2 is 1.82 bits per heavy atom. The number of amides is 3. The maximum Gasteiger partial charge on any atom is 0.408 e. The monoisotopic (exact) mass is 530 g/mol. The van der Waals surface area contributed by atoms with E-state index in [4.69, 9.17) is 9.47 Å². The number of pyridine rings is 1. The average Bonchev–Trinajstić information content (AvgIpc) is 3.36. The maximum atomic E-state index is 13.9. The molecule has 1 saturated carbocycles. The fraction of sp³-hybridized carbons (Fsp3) is 0.593. The number of likely N-dealkylation sites (tertiary alicyclic amines) is 1. The minimum Gasteiger partial charge on any atom is -0.488 e. The predicted octanol–water partition coefficient (Wildman–Crippen LogP) is 2.51. The molecule has 1 aromatic heterocycles. The molecule has 5 atom stereocenters. The van der Waals surface area contributed by atoms with Crippen molar-refractivity contribution in [2.75, 3.05) is 6.54 Å². The van der Waals surface area contributed by atoms with Crippen LogP contribution in [-0.2, 0) is 19.1 Å². The van der Waals surface area contributed by atoms with Crippen LogP contribution < -0.4 is 15.4 Å². The van der Waals surface area contributed by atoms with E-state index in [2.05, 4.69) is 22.2 Å². The molecule has 0 aromatic carbocycles. The Kier molecular flexibility index (Phi) is 8.09. The van der Waals surface area contributed by atoms with Crippen molar-refractivity contribution in [3.05, 3.63) is 37.2 Å². The third-order valence-electron chi connectivity index (χ3n) is 6.60. The normalized spacial score (nSPS) is 25.6. The zero-order chi connectivity index (χ0) is 28.5. The van der Waals surface area contributed by atoms with E-state index in [-0.39, 0.29) is 19.4 Å². The van der Waals surface area contributed by atoms with Gasteiger partial charge < -0.3 is 30.1 Å². The molecule has 38 heavy (non-hydrogen) atoms. The van der Waals surface area contributed by atoms with Crippen LogP contribution in [0.4, 0.5) is 4.79 Å². The van der Waals surface area contributed by atoms with Crippen molar-refractivity contribution in [1.82, 2.24) is 20.5 Å². The highest BCUT2D eigenvalue weighted by Crippen LogP contribution is 2.45. The van der Waals surface area contributed by atoms with Crippen molar-refractivity contribution in [3.8, 4) is 5.75 Å². The number of rotatable bonds is 8. The van der Waals surface area contributed by atoms with Crippen molar-refractivity contribution < 1.29 is 33.8 Å². The Bertz CT molecular complexity index is 1080. The van der Waals surface area contributed by atoms with Gasteiger partial charge in [0, 0.05) is 24.7 Å². The lowest BCUT2D eigenvalue weighted by Crippen LogP contribution is -2.59. The molecule has 2 fully saturated rings. The van der Waals surface area contributed by atoms with Crippen LogP contribution in [0.15, 0.2) is 37.2 Å². The number of hydrogen-bond acceptors (Lipinski definition) is 7. The summed E-state index contributed by atoms with van der Waals surface area (Å²) < 4.78 is 11.4. The lowest BCUT2D eigenvalue weighted by atomic mass is 9.85. The van der Waals surface area contributed by atoms with E-state index in [9.17, 15) is 24.3 Å². The van der Waals surface area contributed by atoms with Gasteiger partial charge in [0.1, 0.15) is 35.1 Å². The molecule has 3 amide bonds. The molecular weight excluding hydrogens is 492 g/mol. The zero-order valence-electron chi connectivity index (χ0n) is 22.8. The maximum absolute atomic E-state index is 13.9. The lowest BCUT2D eigenvalue weighted by Gasteiger charge is -2.35. The molecule has 0 bridgehead atoms. The number of carboxylic acids is 1. The van der Waals surface area contributed by atoms with E-state index in [1.54, 1.807) is 66.1 Å². The van der Waals surface area contributed by atoms with Gasteiger partial charge in [0.2, 0.25) is 11.8 Å². The highest BCUT2D eigenvalue weighted by Gasteiger charge is 2.61. The van der Waals surface area contributed by atoms with Gasteiger partial charge in [-0.1, -0.05) is 26.8 Å². The summed E-state index contributed by atoms with van der Waals surface area (Å²) >= 11 is 0. The van der Waals surface area contributed by atoms with Crippen LogP contribution in [-0.4, -0.2) is 74.7 Å². The number of alkyl carbamates (subject to hydrolysis) is 1. The Balaban J connectivity index is 1.87. The number of nitrogens with one attached hydrogen (secondary N) is 2. The molecule has 11 nitrogen and oxygen atoms in total. The van der Waals surface area contributed by atoms with Crippen LogP contribution in [0.3, 0.4) is 0 Å². The van der Waals surface area contributed by atoms with E-state index >= 15 is 0 Å². The third kappa shape index (κ3) is 6.62. The summed E-state index contributed by atoms with van der Waals surface area (Å²) in [6.45, 7) is 14.2. The molecule has 11 heteroatoms. The predicted molar refractivity (Wildman–Crippen MR) is 138 cm³/mol. The summed E-state index contributed by atoms with van der Waals surface area (Å²) in [4.78, 5) is 57.3. The number of aromatic nitrogens is 1. The lowest BCUT2D eigenvalue weighted by molar-refractivity contribution is -0.146. The number of carbonyl (C=O) groups is 4. The summed E-state index contributed by atoms with van der Waals surface area (Å²) in [6, 6.07) is 1.30. The molecule has 1 aromatic rings. The van der Waals surface area contributed by atoms with Gasteiger partial charge in [0.25, 0.3) is 0 Å². The average molecular weight is 531 g/mol. The third-order valence-corrected chi connectivity index (χ3v) is 6.60. The van der Waals surface area contributed by atoms with Crippen LogP contribution in [0, 0.1) is 11.3 Å². The van der Waals surface area contributed by atoms with Gasteiger partial charge in [-0.05, 0) is 44.7 Å². The first-order chi connectivity index (χ1) is 17.6. The molecule has 1 saturated heterocycles. The first kappa shape index (κ1) is 28.9. The minimum absolute atomic E-state index is 0.0623. The fourth-order valence-electron chi connectivity index (χ4n) is 4.54. The van der Waals surface area contributed by atoms with Gasteiger partial charge in [0.05, 0.1) is 6.54 Å². The number of carbonyl (C=O) groups excluding carboxylic acids is 3. The fourth-order valence-corrected chi connectivity index (χ4v) is 4.54. The van der Waals surface area contributed by atoms with Crippen LogP contribution >= 0.6 is 0 Å². The van der Waals surface area contributed by atoms with E-state index in [0.717, 1.165) is 0 Å². The van der Waals surface area contributed by atoms with Crippen molar-refractivity contribution >= 4 is 23.9 Å². The van der Waals surface area contributed by atoms with E-state index in [1.165, 1.54) is 11.0 Å². The van der Waals surface area contributed by atoms with Crippen LogP contribution in [0.25, 0.3) is 0 Å². The molecule has 2 aliphatic rings. The minimum atomic E-state index is -1.45. The van der Waals surface area contributed by atoms with Gasteiger partial charge in [-0.15, -0.1) is 6.58 Å². The zero-order valence-corrected chi connectivity index (χ0v) is 22.8. The Hall–Kier alpha value is -3.63. The highest BCUT2D eigenvalue weighted by molar-refractivity contribution is 5.96. The quantitative estimate of drug-likeness (QED) is 0.435. The van der Waals surface area contributed by atoms with Crippen molar-refractivity contribution in [1.29, 1.82) is 0 Å². The summed E-state index contributed by atoms with van der Waals surface area (Å²) in [7, 11) is 0. The molecule has 208 valence electrons. The second kappa shape index (κ2) is 10.6. The van der Waals surface area contributed by atoms with E-state index in [1.807, 2.05) is 0 Å². The Morgan fingerprint density at radius 1 is 1.18 bits per heavy atom. The first-order valence-corrected chi connectivity index (χ1v) is 12.6. The molecule has 0 radical (unpaired) electrons. The molecule has 1 aliphatic carbocycles. The van der Waals surface area contributed by atoms with Crippen molar-refractivity contribution in [3.63, 3.8) is 0 Å². The van der Waals surface area contributed by atoms with E-state index in [0.29, 0.717) is 5.75 Å². The molecule has 2 heterocycles. The topological polar surface area (TPSA) is 147 Å². The first-order valence-electron chi connectivity index (χ1n) is 12.6. The number of hydrogen-bond donors (Lipinski definition) is 3. The van der Waals surface area contributed by atoms with E-state index < -0.39 is 64.5 Å². The van der Waals surface area contributed by atoms with Crippen molar-refractivity contribution in [2.24, 2.45) is 11.3 Å². The van der Waals surface area contributed by atoms with Gasteiger partial charge in [-0.2, -0.15) is 0 Å². The van der Waals surface area contributed by atoms with Gasteiger partial charge in [-0.25, -0.2) is 9.59 Å². The summed E-state index contributed by atoms with van der Waals surface area (Å²) in [6.07, 6.45) is 3.69. The van der Waals surface area contributed by atoms with Crippen molar-refractivity contribution in [2.45, 2.75) is 83.7 Å². The van der Waals surface area contributed by atoms with Crippen LogP contribution in [0.2, 0.25) is 0 Å². The summed E-state index contributed by atoms with van der Waals surface area (Å²) in [5.41, 5.74) is -2.95. The number of carboxylic acid groups (broad SMARTS) is 1. The van der Waals surface area contributed by atoms with Gasteiger partial charge in [0.15, 0.2) is 0 Å². The van der Waals surface area contributed by atoms with Crippen LogP contribution in [0.1, 0.15) is 54.4 Å². The van der Waals surface area contributed by atoms with Crippen LogP contribution in [0.5, 0.6) is 5.75 Å². The number of ether oxygens (including phenoxy) is 2. The Labute approximate surface area is 223 Å². The SMILES string of the molecule is C=CC1C[C@]1(NC(=O)[C@@H]1C[C@@H](Oc2ccncc2)CN1C(=O)[C@@H](NC(=O)OC(C)(C)C)C(C)(C)C)C(=O)O. The summed E-state index contributed by atoms with van der Waals surface area (Å²) in [5, 5.41) is 15.1. The number of aliphatic carboxylic acids is 1. The smallest absolute Gasteiger partial charge is 0.408 e. The molecule has 0 spiro atoms. The molecular formula is C27H38N4O7. The molecule has 3 rings (SSSR count). The number of nitrogens with zero attached hydrogens (tertiary/aromatic N) is 2. The Morgan fingerprint density at radius 3 is 2.32 bits per heavy atom. The van der Waals surface area contributed by atoms with Gasteiger partial charge >= 0.3 is 12.1 Å². The highest BCUT2D eigenvalue weighted by atomic mass is 16.6. The largest absolute Gasteiger partial charge is 0.488 e.